The van der Waals surface area contributed by atoms with Crippen LogP contribution in [0, 0.1) is 13.8 Å². The number of rotatable bonds is 10. The molecule has 0 aliphatic rings. The molecule has 0 unspecified atom stereocenters. The highest BCUT2D eigenvalue weighted by atomic mass is 35.5. The van der Waals surface area contributed by atoms with E-state index >= 15 is 0 Å². The van der Waals surface area contributed by atoms with Crippen molar-refractivity contribution in [2.45, 2.75) is 20.3 Å². The summed E-state index contributed by atoms with van der Waals surface area (Å²) in [7, 11) is 3.16. The van der Waals surface area contributed by atoms with Crippen molar-refractivity contribution in [2.24, 2.45) is 0 Å². The van der Waals surface area contributed by atoms with Gasteiger partial charge in [-0.05, 0) is 74.4 Å². The first kappa shape index (κ1) is 28.7. The molecule has 216 valence electrons. The van der Waals surface area contributed by atoms with Crippen molar-refractivity contribution in [1.29, 1.82) is 0 Å². The number of benzene rings is 2. The molecular formula is C31H30ClN5O5. The lowest BCUT2D eigenvalue weighted by molar-refractivity contribution is -0.123. The average Bonchev–Trinajstić information content (AvgIpc) is 3.36. The monoisotopic (exact) mass is 587 g/mol. The van der Waals surface area contributed by atoms with E-state index in [0.717, 1.165) is 16.9 Å². The fraction of sp³-hybridized carbons (Fsp3) is 0.226. The molecule has 0 radical (unpaired) electrons. The highest BCUT2D eigenvalue weighted by Crippen LogP contribution is 2.28. The molecule has 3 heterocycles. The Hall–Kier alpha value is -4.83. The first-order valence-electron chi connectivity index (χ1n) is 13.2. The Balaban J connectivity index is 1.30. The molecule has 0 aliphatic heterocycles. The van der Waals surface area contributed by atoms with Gasteiger partial charge in [-0.2, -0.15) is 5.10 Å². The fourth-order valence-corrected chi connectivity index (χ4v) is 4.88. The molecule has 10 nitrogen and oxygen atoms in total. The predicted octanol–water partition coefficient (Wildman–Crippen LogP) is 4.57. The van der Waals surface area contributed by atoms with Crippen molar-refractivity contribution >= 4 is 23.2 Å². The smallest absolute Gasteiger partial charge is 0.267 e. The molecule has 2 aromatic carbocycles. The first-order chi connectivity index (χ1) is 20.3. The van der Waals surface area contributed by atoms with Crippen LogP contribution in [0.3, 0.4) is 0 Å². The van der Waals surface area contributed by atoms with Gasteiger partial charge in [0.25, 0.3) is 11.5 Å². The quantitative estimate of drug-likeness (QED) is 0.255. The number of methoxy groups -OCH3 is 2. The Morgan fingerprint density at radius 1 is 0.976 bits per heavy atom. The van der Waals surface area contributed by atoms with Crippen molar-refractivity contribution in [3.63, 3.8) is 0 Å². The van der Waals surface area contributed by atoms with Gasteiger partial charge in [-0.1, -0.05) is 23.7 Å². The summed E-state index contributed by atoms with van der Waals surface area (Å²) in [4.78, 5) is 30.8. The number of nitrogens with zero attached hydrogens (tertiary/aromatic N) is 4. The lowest BCUT2D eigenvalue weighted by atomic mass is 10.1. The van der Waals surface area contributed by atoms with Gasteiger partial charge in [-0.25, -0.2) is 9.67 Å². The van der Waals surface area contributed by atoms with E-state index in [-0.39, 0.29) is 18.1 Å². The minimum Gasteiger partial charge on any atom is -0.493 e. The number of halogens is 1. The van der Waals surface area contributed by atoms with Crippen molar-refractivity contribution in [3.8, 4) is 34.2 Å². The van der Waals surface area contributed by atoms with E-state index in [1.807, 2.05) is 43.3 Å². The molecular weight excluding hydrogens is 558 g/mol. The number of ether oxygens (including phenoxy) is 3. The largest absolute Gasteiger partial charge is 0.493 e. The average molecular weight is 588 g/mol. The molecule has 0 atom stereocenters. The minimum atomic E-state index is -0.296. The van der Waals surface area contributed by atoms with Crippen LogP contribution in [0.5, 0.6) is 17.2 Å². The first-order valence-corrected chi connectivity index (χ1v) is 13.6. The number of aromatic nitrogens is 4. The summed E-state index contributed by atoms with van der Waals surface area (Å²) in [5.41, 5.74) is 4.00. The number of hydrogen-bond acceptors (Lipinski definition) is 7. The number of nitrogens with one attached hydrogen (secondary N) is 1. The van der Waals surface area contributed by atoms with Gasteiger partial charge in [0, 0.05) is 23.5 Å². The van der Waals surface area contributed by atoms with E-state index < -0.39 is 0 Å². The van der Waals surface area contributed by atoms with Crippen molar-refractivity contribution in [3.05, 3.63) is 99.2 Å². The normalized spacial score (nSPS) is 11.0. The summed E-state index contributed by atoms with van der Waals surface area (Å²) in [5.74, 6) is 1.30. The fourth-order valence-electron chi connectivity index (χ4n) is 4.69. The summed E-state index contributed by atoms with van der Waals surface area (Å²) in [6, 6.07) is 18.1. The van der Waals surface area contributed by atoms with Crippen LogP contribution in [0.1, 0.15) is 17.0 Å². The van der Waals surface area contributed by atoms with Crippen LogP contribution in [0.15, 0.2) is 71.7 Å². The highest BCUT2D eigenvalue weighted by Gasteiger charge is 2.19. The molecule has 5 aromatic rings. The zero-order valence-corrected chi connectivity index (χ0v) is 24.4. The second-order valence-corrected chi connectivity index (χ2v) is 10.0. The van der Waals surface area contributed by atoms with Crippen molar-refractivity contribution in [2.75, 3.05) is 27.4 Å². The second-order valence-electron chi connectivity index (χ2n) is 9.58. The van der Waals surface area contributed by atoms with Gasteiger partial charge in [0.15, 0.2) is 29.5 Å². The Kier molecular flexibility index (Phi) is 8.44. The van der Waals surface area contributed by atoms with Gasteiger partial charge in [0.05, 0.1) is 31.2 Å². The van der Waals surface area contributed by atoms with Gasteiger partial charge in [0.2, 0.25) is 0 Å². The summed E-state index contributed by atoms with van der Waals surface area (Å²) in [5, 5.41) is 8.12. The summed E-state index contributed by atoms with van der Waals surface area (Å²) < 4.78 is 19.5. The molecule has 11 heteroatoms. The summed E-state index contributed by atoms with van der Waals surface area (Å²) in [6.07, 6.45) is 2.22. The third-order valence-corrected chi connectivity index (χ3v) is 6.97. The molecule has 0 saturated heterocycles. The number of pyridine rings is 1. The third kappa shape index (κ3) is 5.94. The van der Waals surface area contributed by atoms with E-state index in [4.69, 9.17) is 25.8 Å². The molecule has 42 heavy (non-hydrogen) atoms. The summed E-state index contributed by atoms with van der Waals surface area (Å²) >= 11 is 6.17. The van der Waals surface area contributed by atoms with Crippen LogP contribution < -0.4 is 25.1 Å². The van der Waals surface area contributed by atoms with Gasteiger partial charge in [0.1, 0.15) is 5.69 Å². The number of aryl methyl sites for hydroxylation is 2. The van der Waals surface area contributed by atoms with Crippen LogP contribution in [-0.2, 0) is 11.2 Å². The third-order valence-electron chi connectivity index (χ3n) is 6.74. The molecule has 0 fully saturated rings. The van der Waals surface area contributed by atoms with Crippen LogP contribution in [-0.4, -0.2) is 52.4 Å². The van der Waals surface area contributed by atoms with Crippen molar-refractivity contribution < 1.29 is 19.0 Å². The Morgan fingerprint density at radius 3 is 2.55 bits per heavy atom. The second kappa shape index (κ2) is 12.4. The van der Waals surface area contributed by atoms with E-state index in [2.05, 4.69) is 15.4 Å². The standard InChI is InChI=1S/C31H30ClN5O5/c1-19-15-24(35-37(19)23-8-5-7-22(32)17-23)29-20(2)34-30-26(9-6-14-36(30)31(29)39)42-18-28(38)33-13-12-21-10-11-25(40-3)27(16-21)41-4/h5-11,14-17H,12-13,18H2,1-4H3,(H,33,38). The minimum absolute atomic E-state index is 0.231. The Morgan fingerprint density at radius 2 is 1.79 bits per heavy atom. The van der Waals surface area contributed by atoms with E-state index in [1.165, 1.54) is 4.40 Å². The number of amides is 1. The molecule has 5 rings (SSSR count). The maximum atomic E-state index is 13.6. The number of fused-ring (bicyclic) bond motifs is 1. The zero-order valence-electron chi connectivity index (χ0n) is 23.7. The van der Waals surface area contributed by atoms with Crippen LogP contribution >= 0.6 is 11.6 Å². The maximum absolute atomic E-state index is 13.6. The van der Waals surface area contributed by atoms with E-state index in [0.29, 0.717) is 57.8 Å². The van der Waals surface area contributed by atoms with E-state index in [1.54, 1.807) is 56.3 Å². The number of carbonyl (C=O) groups excluding carboxylic acids is 1. The van der Waals surface area contributed by atoms with Gasteiger partial charge < -0.3 is 19.5 Å². The Labute approximate surface area is 247 Å². The van der Waals surface area contributed by atoms with Crippen LogP contribution in [0.25, 0.3) is 22.6 Å². The molecule has 0 bridgehead atoms. The van der Waals surface area contributed by atoms with Gasteiger partial charge in [-0.15, -0.1) is 0 Å². The van der Waals surface area contributed by atoms with Gasteiger partial charge >= 0.3 is 0 Å². The topological polar surface area (TPSA) is 109 Å². The number of carbonyl (C=O) groups is 1. The number of hydrogen-bond donors (Lipinski definition) is 1. The Bertz CT molecular complexity index is 1830. The zero-order chi connectivity index (χ0) is 29.8. The van der Waals surface area contributed by atoms with Gasteiger partial charge in [-0.3, -0.25) is 14.0 Å². The molecule has 0 saturated carbocycles. The lowest BCUT2D eigenvalue weighted by Gasteiger charge is -2.12. The molecule has 1 N–H and O–H groups in total. The predicted molar refractivity (Wildman–Crippen MR) is 160 cm³/mol. The van der Waals surface area contributed by atoms with Crippen LogP contribution in [0.2, 0.25) is 5.02 Å². The maximum Gasteiger partial charge on any atom is 0.267 e. The molecule has 0 spiro atoms. The SMILES string of the molecule is COc1ccc(CCNC(=O)COc2cccn3c(=O)c(-c4cc(C)n(-c5cccc(Cl)c5)n4)c(C)nc23)cc1OC. The molecule has 0 aliphatic carbocycles. The molecule has 1 amide bonds. The van der Waals surface area contributed by atoms with E-state index in [9.17, 15) is 9.59 Å². The van der Waals surface area contributed by atoms with Crippen molar-refractivity contribution in [1.82, 2.24) is 24.5 Å². The summed E-state index contributed by atoms with van der Waals surface area (Å²) in [6.45, 7) is 3.84. The van der Waals surface area contributed by atoms with Crippen LogP contribution in [0.4, 0.5) is 0 Å². The molecule has 3 aromatic heterocycles. The highest BCUT2D eigenvalue weighted by molar-refractivity contribution is 6.30. The lowest BCUT2D eigenvalue weighted by Crippen LogP contribution is -2.30.